The molecule has 2 aromatic rings. The van der Waals surface area contributed by atoms with Crippen molar-refractivity contribution in [2.24, 2.45) is 0 Å². The first-order valence-corrected chi connectivity index (χ1v) is 9.15. The number of aliphatic hydroxyl groups excluding tert-OH is 1. The largest absolute Gasteiger partial charge is 0.508 e. The average Bonchev–Trinajstić information content (AvgIpc) is 2.99. The number of benzene rings is 2. The summed E-state index contributed by atoms with van der Waals surface area (Å²) in [6.07, 6.45) is 1.14. The summed E-state index contributed by atoms with van der Waals surface area (Å²) < 4.78 is 0. The Bertz CT molecular complexity index is 853. The van der Waals surface area contributed by atoms with Crippen LogP contribution in [-0.4, -0.2) is 48.0 Å². The van der Waals surface area contributed by atoms with Gasteiger partial charge in [0.15, 0.2) is 0 Å². The Kier molecular flexibility index (Phi) is 4.73. The van der Waals surface area contributed by atoms with E-state index in [0.29, 0.717) is 12.0 Å². The fourth-order valence-electron chi connectivity index (χ4n) is 3.87. The predicted octanol–water partition coefficient (Wildman–Crippen LogP) is 1.85. The molecular formula is C21H23N3O3. The summed E-state index contributed by atoms with van der Waals surface area (Å²) in [7, 11) is 0. The van der Waals surface area contributed by atoms with Crippen molar-refractivity contribution in [3.05, 3.63) is 66.2 Å². The molecule has 0 aliphatic carbocycles. The number of rotatable bonds is 4. The van der Waals surface area contributed by atoms with Gasteiger partial charge in [-0.25, -0.2) is 0 Å². The number of aliphatic hydroxyl groups is 1. The SMILES string of the molecule is O=C1C=C(CC2CN(c3ccccc3)CCN2c2cccc(O)c2)C(O)N1. The lowest BCUT2D eigenvalue weighted by atomic mass is 10.00. The van der Waals surface area contributed by atoms with E-state index in [0.717, 1.165) is 31.0 Å². The van der Waals surface area contributed by atoms with Crippen LogP contribution in [0.2, 0.25) is 0 Å². The minimum absolute atomic E-state index is 0.0642. The standard InChI is InChI=1S/C21H23N3O3/c25-19-8-4-7-17(13-19)24-10-9-23(16-5-2-1-3-6-16)14-18(24)11-15-12-20(26)22-21(15)27/h1-8,12-13,18,21,25,27H,9-11,14H2,(H,22,26). The van der Waals surface area contributed by atoms with E-state index in [1.54, 1.807) is 12.1 Å². The van der Waals surface area contributed by atoms with Gasteiger partial charge in [0.1, 0.15) is 12.0 Å². The second-order valence-corrected chi connectivity index (χ2v) is 6.98. The molecule has 27 heavy (non-hydrogen) atoms. The summed E-state index contributed by atoms with van der Waals surface area (Å²) in [5, 5.41) is 22.5. The maximum absolute atomic E-state index is 11.6. The van der Waals surface area contributed by atoms with Crippen molar-refractivity contribution in [2.75, 3.05) is 29.4 Å². The molecule has 4 rings (SSSR count). The minimum Gasteiger partial charge on any atom is -0.508 e. The minimum atomic E-state index is -0.921. The zero-order valence-electron chi connectivity index (χ0n) is 15.0. The molecule has 1 saturated heterocycles. The lowest BCUT2D eigenvalue weighted by molar-refractivity contribution is -0.117. The van der Waals surface area contributed by atoms with Gasteiger partial charge >= 0.3 is 0 Å². The monoisotopic (exact) mass is 365 g/mol. The molecule has 3 N–H and O–H groups in total. The van der Waals surface area contributed by atoms with Gasteiger partial charge in [0.05, 0.1) is 6.04 Å². The third-order valence-corrected chi connectivity index (χ3v) is 5.18. The number of anilines is 2. The number of nitrogens with zero attached hydrogens (tertiary/aromatic N) is 2. The fourth-order valence-corrected chi connectivity index (χ4v) is 3.87. The second-order valence-electron chi connectivity index (χ2n) is 6.98. The molecule has 1 amide bonds. The molecule has 0 aromatic heterocycles. The normalized spacial score (nSPS) is 22.6. The molecule has 2 aliphatic heterocycles. The first kappa shape index (κ1) is 17.4. The first-order chi connectivity index (χ1) is 13.1. The zero-order valence-corrected chi connectivity index (χ0v) is 15.0. The molecular weight excluding hydrogens is 342 g/mol. The van der Waals surface area contributed by atoms with Crippen LogP contribution < -0.4 is 15.1 Å². The van der Waals surface area contributed by atoms with Gasteiger partial charge in [-0.05, 0) is 36.3 Å². The van der Waals surface area contributed by atoms with Crippen molar-refractivity contribution < 1.29 is 15.0 Å². The molecule has 1 fully saturated rings. The Labute approximate surface area is 158 Å². The van der Waals surface area contributed by atoms with Crippen LogP contribution >= 0.6 is 0 Å². The van der Waals surface area contributed by atoms with Crippen LogP contribution in [0.25, 0.3) is 0 Å². The highest BCUT2D eigenvalue weighted by atomic mass is 16.3. The highest BCUT2D eigenvalue weighted by Gasteiger charge is 2.31. The topological polar surface area (TPSA) is 76.0 Å². The van der Waals surface area contributed by atoms with Gasteiger partial charge in [-0.15, -0.1) is 0 Å². The Morgan fingerprint density at radius 3 is 2.52 bits per heavy atom. The van der Waals surface area contributed by atoms with E-state index in [2.05, 4.69) is 27.2 Å². The first-order valence-electron chi connectivity index (χ1n) is 9.15. The van der Waals surface area contributed by atoms with E-state index in [1.807, 2.05) is 30.3 Å². The smallest absolute Gasteiger partial charge is 0.246 e. The number of phenols is 1. The summed E-state index contributed by atoms with van der Waals surface area (Å²) >= 11 is 0. The predicted molar refractivity (Wildman–Crippen MR) is 105 cm³/mol. The van der Waals surface area contributed by atoms with E-state index in [-0.39, 0.29) is 17.7 Å². The third-order valence-electron chi connectivity index (χ3n) is 5.18. The Morgan fingerprint density at radius 1 is 1.04 bits per heavy atom. The van der Waals surface area contributed by atoms with Gasteiger partial charge in [0.25, 0.3) is 0 Å². The molecule has 0 spiro atoms. The molecule has 2 aliphatic rings. The van der Waals surface area contributed by atoms with Crippen molar-refractivity contribution in [1.82, 2.24) is 5.32 Å². The zero-order chi connectivity index (χ0) is 18.8. The summed E-state index contributed by atoms with van der Waals surface area (Å²) in [6, 6.07) is 17.5. The maximum atomic E-state index is 11.6. The Balaban J connectivity index is 1.60. The van der Waals surface area contributed by atoms with Crippen molar-refractivity contribution in [2.45, 2.75) is 18.7 Å². The lowest BCUT2D eigenvalue weighted by Crippen LogP contribution is -2.54. The summed E-state index contributed by atoms with van der Waals surface area (Å²) in [5.41, 5.74) is 2.80. The van der Waals surface area contributed by atoms with Gasteiger partial charge < -0.3 is 25.3 Å². The molecule has 0 bridgehead atoms. The highest BCUT2D eigenvalue weighted by molar-refractivity contribution is 5.91. The number of hydrogen-bond donors (Lipinski definition) is 3. The number of hydrogen-bond acceptors (Lipinski definition) is 5. The summed E-state index contributed by atoms with van der Waals surface area (Å²) in [5.74, 6) is -0.0224. The number of carbonyl (C=O) groups excluding carboxylic acids is 1. The van der Waals surface area contributed by atoms with Crippen molar-refractivity contribution in [3.8, 4) is 5.75 Å². The van der Waals surface area contributed by atoms with E-state index in [9.17, 15) is 15.0 Å². The summed E-state index contributed by atoms with van der Waals surface area (Å²) in [6.45, 7) is 2.40. The van der Waals surface area contributed by atoms with Gasteiger partial charge in [-0.3, -0.25) is 4.79 Å². The van der Waals surface area contributed by atoms with Crippen LogP contribution in [0, 0.1) is 0 Å². The van der Waals surface area contributed by atoms with Crippen LogP contribution in [-0.2, 0) is 4.79 Å². The molecule has 2 aromatic carbocycles. The maximum Gasteiger partial charge on any atom is 0.246 e. The highest BCUT2D eigenvalue weighted by Crippen LogP contribution is 2.30. The van der Waals surface area contributed by atoms with Crippen LogP contribution in [0.5, 0.6) is 5.75 Å². The number of carbonyl (C=O) groups is 1. The van der Waals surface area contributed by atoms with Crippen molar-refractivity contribution in [3.63, 3.8) is 0 Å². The second kappa shape index (κ2) is 7.32. The molecule has 0 saturated carbocycles. The van der Waals surface area contributed by atoms with Gasteiger partial charge in [0, 0.05) is 43.2 Å². The number of aromatic hydroxyl groups is 1. The van der Waals surface area contributed by atoms with Gasteiger partial charge in [-0.2, -0.15) is 0 Å². The van der Waals surface area contributed by atoms with Crippen molar-refractivity contribution in [1.29, 1.82) is 0 Å². The quantitative estimate of drug-likeness (QED) is 0.771. The third kappa shape index (κ3) is 3.75. The van der Waals surface area contributed by atoms with Crippen LogP contribution in [0.15, 0.2) is 66.2 Å². The molecule has 6 heteroatoms. The number of piperazine rings is 1. The van der Waals surface area contributed by atoms with Crippen LogP contribution in [0.3, 0.4) is 0 Å². The van der Waals surface area contributed by atoms with E-state index < -0.39 is 6.23 Å². The molecule has 2 unspecified atom stereocenters. The number of phenolic OH excluding ortho intramolecular Hbond substituents is 1. The number of para-hydroxylation sites is 1. The molecule has 6 nitrogen and oxygen atoms in total. The number of nitrogens with one attached hydrogen (secondary N) is 1. The van der Waals surface area contributed by atoms with Crippen LogP contribution in [0.1, 0.15) is 6.42 Å². The van der Waals surface area contributed by atoms with E-state index in [1.165, 1.54) is 6.08 Å². The number of amides is 1. The molecule has 140 valence electrons. The molecule has 2 atom stereocenters. The van der Waals surface area contributed by atoms with Crippen molar-refractivity contribution >= 4 is 17.3 Å². The van der Waals surface area contributed by atoms with Crippen LogP contribution in [0.4, 0.5) is 11.4 Å². The summed E-state index contributed by atoms with van der Waals surface area (Å²) in [4.78, 5) is 16.1. The Hall–Kier alpha value is -2.99. The fraction of sp³-hybridized carbons (Fsp3) is 0.286. The van der Waals surface area contributed by atoms with Gasteiger partial charge in [-0.1, -0.05) is 24.3 Å². The molecule has 2 heterocycles. The van der Waals surface area contributed by atoms with E-state index >= 15 is 0 Å². The Morgan fingerprint density at radius 2 is 1.81 bits per heavy atom. The lowest BCUT2D eigenvalue weighted by Gasteiger charge is -2.44. The van der Waals surface area contributed by atoms with E-state index in [4.69, 9.17) is 0 Å². The molecule has 0 radical (unpaired) electrons. The average molecular weight is 365 g/mol. The van der Waals surface area contributed by atoms with Gasteiger partial charge in [0.2, 0.25) is 5.91 Å².